The number of imide groups is 1. The highest BCUT2D eigenvalue weighted by Crippen LogP contribution is 2.30. The molecule has 1 aromatic rings. The first-order chi connectivity index (χ1) is 11.8. The minimum absolute atomic E-state index is 0.0225. The van der Waals surface area contributed by atoms with Gasteiger partial charge in [0.25, 0.3) is 5.91 Å². The lowest BCUT2D eigenvalue weighted by atomic mass is 9.92. The first-order valence-corrected chi connectivity index (χ1v) is 7.17. The molecule has 0 radical (unpaired) electrons. The van der Waals surface area contributed by atoms with E-state index in [1.54, 1.807) is 0 Å². The largest absolute Gasteiger partial charge is 0.435 e. The lowest BCUT2D eigenvalue weighted by molar-refractivity contribution is -0.134. The second-order valence-electron chi connectivity index (χ2n) is 5.33. The van der Waals surface area contributed by atoms with Crippen LogP contribution in [-0.4, -0.2) is 42.4 Å². The van der Waals surface area contributed by atoms with Crippen LogP contribution < -0.4 is 15.4 Å². The highest BCUT2D eigenvalue weighted by molar-refractivity contribution is 6.09. The summed E-state index contributed by atoms with van der Waals surface area (Å²) < 4.78 is 28.6. The maximum atomic E-state index is 12.6. The summed E-state index contributed by atoms with van der Waals surface area (Å²) in [5, 5.41) is 4.85. The average molecular weight is 351 g/mol. The fourth-order valence-corrected chi connectivity index (χ4v) is 2.36. The van der Waals surface area contributed by atoms with Crippen molar-refractivity contribution in [1.29, 1.82) is 0 Å². The second-order valence-corrected chi connectivity index (χ2v) is 5.33. The molecule has 25 heavy (non-hydrogen) atoms. The van der Waals surface area contributed by atoms with Gasteiger partial charge in [0.1, 0.15) is 17.8 Å². The topological polar surface area (TPSA) is 87.7 Å². The molecule has 1 aliphatic heterocycles. The van der Waals surface area contributed by atoms with Crippen LogP contribution in [0.2, 0.25) is 0 Å². The zero-order valence-electron chi connectivity index (χ0n) is 13.2. The molecule has 1 unspecified atom stereocenters. The van der Waals surface area contributed by atoms with Crippen LogP contribution in [0.15, 0.2) is 24.3 Å². The number of benzene rings is 1. The Hall–Kier alpha value is -3.15. The number of ether oxygens (including phenoxy) is 1. The monoisotopic (exact) mass is 351 g/mol. The SMILES string of the molecule is C#CCNC(=O)CN1C(=O)NC(C)(c2ccc(OC(F)F)cc2)C1=O. The van der Waals surface area contributed by atoms with Crippen molar-refractivity contribution in [1.82, 2.24) is 15.5 Å². The molecular weight excluding hydrogens is 336 g/mol. The number of halogens is 2. The Morgan fingerprint density at radius 3 is 2.60 bits per heavy atom. The van der Waals surface area contributed by atoms with E-state index in [9.17, 15) is 23.2 Å². The van der Waals surface area contributed by atoms with Gasteiger partial charge in [0.15, 0.2) is 0 Å². The van der Waals surface area contributed by atoms with Crippen molar-refractivity contribution in [2.75, 3.05) is 13.1 Å². The number of amides is 4. The van der Waals surface area contributed by atoms with E-state index in [4.69, 9.17) is 6.42 Å². The maximum absolute atomic E-state index is 12.6. The van der Waals surface area contributed by atoms with Crippen molar-refractivity contribution in [3.05, 3.63) is 29.8 Å². The zero-order valence-corrected chi connectivity index (χ0v) is 13.2. The van der Waals surface area contributed by atoms with E-state index >= 15 is 0 Å². The van der Waals surface area contributed by atoms with Crippen LogP contribution >= 0.6 is 0 Å². The molecule has 1 aromatic carbocycles. The standard InChI is InChI=1S/C16H15F2N3O4/c1-3-8-19-12(22)9-21-13(23)16(2,20-15(21)24)10-4-6-11(7-5-10)25-14(17)18/h1,4-7,14H,8-9H2,2H3,(H,19,22)(H,20,24). The van der Waals surface area contributed by atoms with E-state index in [-0.39, 0.29) is 12.3 Å². The third kappa shape index (κ3) is 3.85. The number of rotatable bonds is 6. The molecule has 0 saturated carbocycles. The Bertz CT molecular complexity index is 730. The van der Waals surface area contributed by atoms with Crippen molar-refractivity contribution in [3.8, 4) is 18.1 Å². The summed E-state index contributed by atoms with van der Waals surface area (Å²) in [4.78, 5) is 37.1. The predicted molar refractivity (Wildman–Crippen MR) is 82.5 cm³/mol. The molecule has 7 nitrogen and oxygen atoms in total. The van der Waals surface area contributed by atoms with Gasteiger partial charge in [-0.3, -0.25) is 14.5 Å². The van der Waals surface area contributed by atoms with Gasteiger partial charge in [-0.15, -0.1) is 6.42 Å². The summed E-state index contributed by atoms with van der Waals surface area (Å²) in [5.74, 6) is 0.906. The van der Waals surface area contributed by atoms with Crippen molar-refractivity contribution in [3.63, 3.8) is 0 Å². The molecule has 9 heteroatoms. The molecule has 0 bridgehead atoms. The first-order valence-electron chi connectivity index (χ1n) is 7.17. The van der Waals surface area contributed by atoms with Crippen LogP contribution in [-0.2, 0) is 15.1 Å². The number of carbonyl (C=O) groups is 3. The summed E-state index contributed by atoms with van der Waals surface area (Å²) in [7, 11) is 0. The fraction of sp³-hybridized carbons (Fsp3) is 0.312. The van der Waals surface area contributed by atoms with E-state index in [1.807, 2.05) is 0 Å². The molecule has 0 spiro atoms. The van der Waals surface area contributed by atoms with Gasteiger partial charge in [-0.1, -0.05) is 18.1 Å². The van der Waals surface area contributed by atoms with Gasteiger partial charge >= 0.3 is 12.6 Å². The smallest absolute Gasteiger partial charge is 0.387 e. The Kier molecular flexibility index (Phi) is 5.22. The quantitative estimate of drug-likeness (QED) is 0.586. The van der Waals surface area contributed by atoms with Gasteiger partial charge in [0.2, 0.25) is 5.91 Å². The van der Waals surface area contributed by atoms with E-state index in [1.165, 1.54) is 31.2 Å². The molecule has 1 fully saturated rings. The molecule has 1 atom stereocenters. The number of hydrogen-bond acceptors (Lipinski definition) is 4. The summed E-state index contributed by atoms with van der Waals surface area (Å²) in [6.07, 6.45) is 5.02. The molecule has 4 amide bonds. The fourth-order valence-electron chi connectivity index (χ4n) is 2.36. The van der Waals surface area contributed by atoms with Crippen LogP contribution in [0.3, 0.4) is 0 Å². The summed E-state index contributed by atoms with van der Waals surface area (Å²) >= 11 is 0. The van der Waals surface area contributed by atoms with Crippen LogP contribution in [0.4, 0.5) is 13.6 Å². The summed E-state index contributed by atoms with van der Waals surface area (Å²) in [6.45, 7) is -2.01. The number of urea groups is 1. The number of nitrogens with one attached hydrogen (secondary N) is 2. The third-order valence-electron chi connectivity index (χ3n) is 3.62. The lowest BCUT2D eigenvalue weighted by Crippen LogP contribution is -2.43. The van der Waals surface area contributed by atoms with Crippen LogP contribution in [0.25, 0.3) is 0 Å². The molecule has 0 aromatic heterocycles. The van der Waals surface area contributed by atoms with E-state index in [0.29, 0.717) is 5.56 Å². The Labute approximate surface area is 142 Å². The normalized spacial score (nSPS) is 19.6. The van der Waals surface area contributed by atoms with Gasteiger partial charge < -0.3 is 15.4 Å². The highest BCUT2D eigenvalue weighted by Gasteiger charge is 2.49. The number of carbonyl (C=O) groups excluding carboxylic acids is 3. The molecule has 0 aliphatic carbocycles. The molecule has 1 aliphatic rings. The summed E-state index contributed by atoms with van der Waals surface area (Å²) in [6, 6.07) is 4.55. The number of hydrogen-bond donors (Lipinski definition) is 2. The number of nitrogens with zero attached hydrogens (tertiary/aromatic N) is 1. The predicted octanol–water partition coefficient (Wildman–Crippen LogP) is 0.804. The Morgan fingerprint density at radius 1 is 1.40 bits per heavy atom. The van der Waals surface area contributed by atoms with Crippen molar-refractivity contribution >= 4 is 17.8 Å². The highest BCUT2D eigenvalue weighted by atomic mass is 19.3. The Morgan fingerprint density at radius 2 is 2.04 bits per heavy atom. The van der Waals surface area contributed by atoms with E-state index in [0.717, 1.165) is 4.90 Å². The maximum Gasteiger partial charge on any atom is 0.387 e. The van der Waals surface area contributed by atoms with Crippen molar-refractivity contribution < 1.29 is 27.9 Å². The zero-order chi connectivity index (χ0) is 18.6. The first kappa shape index (κ1) is 18.2. The minimum Gasteiger partial charge on any atom is -0.435 e. The molecule has 132 valence electrons. The van der Waals surface area contributed by atoms with Gasteiger partial charge in [-0.25, -0.2) is 4.79 Å². The van der Waals surface area contributed by atoms with Crippen LogP contribution in [0.1, 0.15) is 12.5 Å². The second kappa shape index (κ2) is 7.17. The summed E-state index contributed by atoms with van der Waals surface area (Å²) in [5.41, 5.74) is -1.06. The Balaban J connectivity index is 2.16. The third-order valence-corrected chi connectivity index (χ3v) is 3.62. The molecule has 2 N–H and O–H groups in total. The number of alkyl halides is 2. The van der Waals surface area contributed by atoms with Crippen molar-refractivity contribution in [2.45, 2.75) is 19.1 Å². The van der Waals surface area contributed by atoms with E-state index < -0.39 is 36.5 Å². The van der Waals surface area contributed by atoms with Crippen LogP contribution in [0, 0.1) is 12.3 Å². The van der Waals surface area contributed by atoms with Gasteiger partial charge in [-0.05, 0) is 24.6 Å². The lowest BCUT2D eigenvalue weighted by Gasteiger charge is -2.22. The van der Waals surface area contributed by atoms with Gasteiger partial charge in [0, 0.05) is 0 Å². The van der Waals surface area contributed by atoms with Gasteiger partial charge in [-0.2, -0.15) is 8.78 Å². The van der Waals surface area contributed by atoms with E-state index in [2.05, 4.69) is 21.3 Å². The van der Waals surface area contributed by atoms with Crippen LogP contribution in [0.5, 0.6) is 5.75 Å². The van der Waals surface area contributed by atoms with Crippen molar-refractivity contribution in [2.24, 2.45) is 0 Å². The molecule has 1 saturated heterocycles. The minimum atomic E-state index is -2.97. The molecule has 2 rings (SSSR count). The molecule has 1 heterocycles. The molecular formula is C16H15F2N3O4. The average Bonchev–Trinajstić information content (AvgIpc) is 2.77. The number of terminal acetylenes is 1. The van der Waals surface area contributed by atoms with Gasteiger partial charge in [0.05, 0.1) is 6.54 Å².